The van der Waals surface area contributed by atoms with Crippen LogP contribution in [0.3, 0.4) is 0 Å². The first-order chi connectivity index (χ1) is 10.6. The van der Waals surface area contributed by atoms with Gasteiger partial charge in [0.1, 0.15) is 11.9 Å². The molecule has 1 aliphatic rings. The van der Waals surface area contributed by atoms with Gasteiger partial charge in [-0.25, -0.2) is 12.8 Å². The van der Waals surface area contributed by atoms with Crippen LogP contribution in [-0.4, -0.2) is 32.1 Å². The van der Waals surface area contributed by atoms with Crippen LogP contribution in [-0.2, 0) is 9.84 Å². The Morgan fingerprint density at radius 3 is 2.26 bits per heavy atom. The summed E-state index contributed by atoms with van der Waals surface area (Å²) in [6.45, 7) is 1.41. The molecule has 0 amide bonds. The fourth-order valence-corrected chi connectivity index (χ4v) is 4.51. The molecule has 8 heteroatoms. The summed E-state index contributed by atoms with van der Waals surface area (Å²) < 4.78 is 76.4. The molecule has 23 heavy (non-hydrogen) atoms. The molecule has 1 saturated carbocycles. The van der Waals surface area contributed by atoms with Crippen molar-refractivity contribution in [1.82, 2.24) is 5.32 Å². The monoisotopic (exact) mass is 353 g/mol. The van der Waals surface area contributed by atoms with Gasteiger partial charge in [-0.15, -0.1) is 0 Å². The maximum atomic E-state index is 13.2. The molecule has 1 aromatic rings. The average Bonchev–Trinajstić information content (AvgIpc) is 3.18. The molecule has 1 N–H and O–H groups in total. The van der Waals surface area contributed by atoms with E-state index in [1.165, 1.54) is 6.92 Å². The third-order valence-electron chi connectivity index (χ3n) is 3.67. The minimum absolute atomic E-state index is 0.0340. The van der Waals surface area contributed by atoms with E-state index in [-0.39, 0.29) is 23.0 Å². The van der Waals surface area contributed by atoms with Gasteiger partial charge in [0, 0.05) is 6.04 Å². The summed E-state index contributed by atoms with van der Waals surface area (Å²) in [5.74, 6) is -0.791. The fourth-order valence-electron chi connectivity index (χ4n) is 2.46. The number of alkyl halides is 3. The Kier molecular flexibility index (Phi) is 5.35. The molecule has 0 radical (unpaired) electrons. The lowest BCUT2D eigenvalue weighted by atomic mass is 10.1. The molecule has 0 saturated heterocycles. The summed E-state index contributed by atoms with van der Waals surface area (Å²) in [7, 11) is -3.39. The van der Waals surface area contributed by atoms with Crippen molar-refractivity contribution in [2.45, 2.75) is 38.0 Å². The number of halogens is 4. The molecule has 0 heterocycles. The molecule has 1 aliphatic carbocycles. The van der Waals surface area contributed by atoms with Crippen LogP contribution in [0.1, 0.15) is 31.4 Å². The smallest absolute Gasteiger partial charge is 0.299 e. The second-order valence-electron chi connectivity index (χ2n) is 6.11. The molecular formula is C15H19F4NO2S. The molecule has 130 valence electrons. The number of sulfone groups is 1. The third kappa shape index (κ3) is 5.76. The topological polar surface area (TPSA) is 46.2 Å². The van der Waals surface area contributed by atoms with Gasteiger partial charge in [0.15, 0.2) is 9.84 Å². The predicted molar refractivity (Wildman–Crippen MR) is 79.2 cm³/mol. The zero-order valence-corrected chi connectivity index (χ0v) is 13.4. The molecule has 0 spiro atoms. The Balaban J connectivity index is 2.06. The van der Waals surface area contributed by atoms with Crippen molar-refractivity contribution in [3.05, 3.63) is 35.6 Å². The van der Waals surface area contributed by atoms with Gasteiger partial charge in [-0.1, -0.05) is 12.1 Å². The van der Waals surface area contributed by atoms with Crippen LogP contribution in [0.4, 0.5) is 17.6 Å². The van der Waals surface area contributed by atoms with Crippen molar-refractivity contribution in [1.29, 1.82) is 0 Å². The summed E-state index contributed by atoms with van der Waals surface area (Å²) >= 11 is 0. The van der Waals surface area contributed by atoms with Crippen LogP contribution in [0.2, 0.25) is 0 Å². The lowest BCUT2D eigenvalue weighted by Crippen LogP contribution is -2.42. The van der Waals surface area contributed by atoms with Gasteiger partial charge in [0.2, 0.25) is 0 Å². The zero-order valence-electron chi connectivity index (χ0n) is 12.6. The van der Waals surface area contributed by atoms with Crippen molar-refractivity contribution >= 4 is 9.84 Å². The quantitative estimate of drug-likeness (QED) is 0.766. The Morgan fingerprint density at radius 2 is 1.78 bits per heavy atom. The highest BCUT2D eigenvalue weighted by molar-refractivity contribution is 7.91. The van der Waals surface area contributed by atoms with Crippen LogP contribution in [0.5, 0.6) is 0 Å². The van der Waals surface area contributed by atoms with Gasteiger partial charge < -0.3 is 0 Å². The highest BCUT2D eigenvalue weighted by Crippen LogP contribution is 2.34. The fraction of sp³-hybridized carbons (Fsp3) is 0.600. The molecule has 0 aliphatic heterocycles. The van der Waals surface area contributed by atoms with E-state index in [9.17, 15) is 26.0 Å². The minimum atomic E-state index is -4.60. The molecule has 1 fully saturated rings. The summed E-state index contributed by atoms with van der Waals surface area (Å²) in [5.41, 5.74) is -0.148. The van der Waals surface area contributed by atoms with Crippen molar-refractivity contribution in [2.24, 2.45) is 5.92 Å². The first kappa shape index (κ1) is 18.2. The van der Waals surface area contributed by atoms with Crippen molar-refractivity contribution in [3.8, 4) is 0 Å². The molecule has 0 aromatic heterocycles. The van der Waals surface area contributed by atoms with Gasteiger partial charge in [-0.05, 0) is 43.4 Å². The predicted octanol–water partition coefficient (Wildman–Crippen LogP) is 3.23. The van der Waals surface area contributed by atoms with E-state index < -0.39 is 33.9 Å². The summed E-state index contributed by atoms with van der Waals surface area (Å²) in [4.78, 5) is 0. The van der Waals surface area contributed by atoms with E-state index in [1.807, 2.05) is 0 Å². The maximum absolute atomic E-state index is 13.2. The standard InChI is InChI=1S/C15H19F4NO2S/c1-10(8-23(21,22)9-11-2-3-11)20-14(15(17,18)19)12-4-6-13(16)7-5-12/h4-7,10-11,14,20H,2-3,8-9H2,1H3. The zero-order chi connectivity index (χ0) is 17.3. The largest absolute Gasteiger partial charge is 0.407 e. The van der Waals surface area contributed by atoms with Crippen LogP contribution in [0.15, 0.2) is 24.3 Å². The Morgan fingerprint density at radius 1 is 1.22 bits per heavy atom. The molecular weight excluding hydrogens is 334 g/mol. The second kappa shape index (κ2) is 6.76. The minimum Gasteiger partial charge on any atom is -0.299 e. The number of benzene rings is 1. The molecule has 0 bridgehead atoms. The number of hydrogen-bond acceptors (Lipinski definition) is 3. The van der Waals surface area contributed by atoms with Gasteiger partial charge in [-0.2, -0.15) is 13.2 Å². The Bertz CT molecular complexity index is 624. The normalized spacial score (nSPS) is 18.7. The van der Waals surface area contributed by atoms with Crippen LogP contribution in [0, 0.1) is 11.7 Å². The van der Waals surface area contributed by atoms with Gasteiger partial charge >= 0.3 is 6.18 Å². The van der Waals surface area contributed by atoms with Gasteiger partial charge in [-0.3, -0.25) is 5.32 Å². The van der Waals surface area contributed by atoms with Gasteiger partial charge in [0.25, 0.3) is 0 Å². The van der Waals surface area contributed by atoms with Crippen molar-refractivity contribution in [3.63, 3.8) is 0 Å². The number of hydrogen-bond donors (Lipinski definition) is 1. The van der Waals surface area contributed by atoms with Crippen LogP contribution < -0.4 is 5.32 Å². The maximum Gasteiger partial charge on any atom is 0.407 e. The third-order valence-corrected chi connectivity index (χ3v) is 5.66. The van der Waals surface area contributed by atoms with E-state index in [0.717, 1.165) is 37.1 Å². The molecule has 2 rings (SSSR count). The molecule has 2 unspecified atom stereocenters. The first-order valence-electron chi connectivity index (χ1n) is 7.35. The van der Waals surface area contributed by atoms with E-state index >= 15 is 0 Å². The van der Waals surface area contributed by atoms with E-state index in [1.54, 1.807) is 0 Å². The highest BCUT2D eigenvalue weighted by Gasteiger charge is 2.42. The average molecular weight is 353 g/mol. The second-order valence-corrected chi connectivity index (χ2v) is 8.27. The van der Waals surface area contributed by atoms with Crippen LogP contribution in [0.25, 0.3) is 0 Å². The summed E-state index contributed by atoms with van der Waals surface area (Å²) in [6.07, 6.45) is -2.88. The summed E-state index contributed by atoms with van der Waals surface area (Å²) in [5, 5.41) is 2.32. The van der Waals surface area contributed by atoms with E-state index in [0.29, 0.717) is 0 Å². The highest BCUT2D eigenvalue weighted by atomic mass is 32.2. The van der Waals surface area contributed by atoms with E-state index in [4.69, 9.17) is 0 Å². The Labute approximate surface area is 133 Å². The summed E-state index contributed by atoms with van der Waals surface area (Å²) in [6, 6.07) is 1.09. The van der Waals surface area contributed by atoms with Crippen LogP contribution >= 0.6 is 0 Å². The van der Waals surface area contributed by atoms with Crippen molar-refractivity contribution < 1.29 is 26.0 Å². The van der Waals surface area contributed by atoms with Gasteiger partial charge in [0.05, 0.1) is 11.5 Å². The number of nitrogens with one attached hydrogen (secondary N) is 1. The molecule has 1 aromatic carbocycles. The lowest BCUT2D eigenvalue weighted by Gasteiger charge is -2.26. The Hall–Kier alpha value is -1.15. The number of rotatable bonds is 7. The first-order valence-corrected chi connectivity index (χ1v) is 9.17. The molecule has 3 nitrogen and oxygen atoms in total. The van der Waals surface area contributed by atoms with Crippen molar-refractivity contribution in [2.75, 3.05) is 11.5 Å². The molecule has 2 atom stereocenters. The lowest BCUT2D eigenvalue weighted by molar-refractivity contribution is -0.159. The SMILES string of the molecule is CC(CS(=O)(=O)CC1CC1)NC(c1ccc(F)cc1)C(F)(F)F. The van der Waals surface area contributed by atoms with E-state index in [2.05, 4.69) is 5.32 Å².